The monoisotopic (exact) mass is 280 g/mol. The SMILES string of the molecule is NC(=O)c1cc2c(nc1-c1ccc3c(c1)CCO3)CCC2. The molecule has 4 nitrogen and oxygen atoms in total. The molecule has 1 aliphatic carbocycles. The first-order valence-electron chi connectivity index (χ1n) is 7.31. The van der Waals surface area contributed by atoms with E-state index in [9.17, 15) is 4.79 Å². The molecule has 0 radical (unpaired) electrons. The first-order valence-corrected chi connectivity index (χ1v) is 7.31. The standard InChI is InChI=1S/C17H16N2O2/c18-17(20)13-9-10-2-1-3-14(10)19-16(13)12-4-5-15-11(8-12)6-7-21-15/h4-5,8-9H,1-3,6-7H2,(H2,18,20). The summed E-state index contributed by atoms with van der Waals surface area (Å²) in [5.74, 6) is 0.518. The average Bonchev–Trinajstić information content (AvgIpc) is 3.13. The number of hydrogen-bond donors (Lipinski definition) is 1. The van der Waals surface area contributed by atoms with Crippen LogP contribution in [0.4, 0.5) is 0 Å². The van der Waals surface area contributed by atoms with Crippen molar-refractivity contribution in [2.75, 3.05) is 6.61 Å². The van der Waals surface area contributed by atoms with Gasteiger partial charge in [0.2, 0.25) is 0 Å². The van der Waals surface area contributed by atoms with Crippen LogP contribution in [0.2, 0.25) is 0 Å². The van der Waals surface area contributed by atoms with Crippen LogP contribution in [0.3, 0.4) is 0 Å². The maximum absolute atomic E-state index is 11.8. The van der Waals surface area contributed by atoms with Gasteiger partial charge in [-0.1, -0.05) is 0 Å². The molecule has 4 rings (SSSR count). The van der Waals surface area contributed by atoms with Crippen LogP contribution >= 0.6 is 0 Å². The molecule has 2 heterocycles. The van der Waals surface area contributed by atoms with Crippen molar-refractivity contribution in [3.05, 3.63) is 46.6 Å². The molecule has 0 saturated carbocycles. The Hall–Kier alpha value is -2.36. The molecular weight excluding hydrogens is 264 g/mol. The second-order valence-electron chi connectivity index (χ2n) is 5.63. The molecule has 2 aromatic rings. The molecule has 2 aliphatic rings. The van der Waals surface area contributed by atoms with Crippen LogP contribution in [0.25, 0.3) is 11.3 Å². The predicted octanol–water partition coefficient (Wildman–Crippen LogP) is 2.27. The van der Waals surface area contributed by atoms with E-state index in [0.717, 1.165) is 54.9 Å². The zero-order valence-corrected chi connectivity index (χ0v) is 11.7. The number of pyridine rings is 1. The molecule has 106 valence electrons. The molecule has 1 aromatic carbocycles. The van der Waals surface area contributed by atoms with Gasteiger partial charge in [0, 0.05) is 17.7 Å². The largest absolute Gasteiger partial charge is 0.493 e. The van der Waals surface area contributed by atoms with Crippen LogP contribution in [0.15, 0.2) is 24.3 Å². The summed E-state index contributed by atoms with van der Waals surface area (Å²) in [4.78, 5) is 16.5. The van der Waals surface area contributed by atoms with Crippen LogP contribution in [-0.4, -0.2) is 17.5 Å². The number of carbonyl (C=O) groups excluding carboxylic acids is 1. The lowest BCUT2D eigenvalue weighted by Crippen LogP contribution is -2.14. The number of rotatable bonds is 2. The van der Waals surface area contributed by atoms with Crippen molar-refractivity contribution in [3.8, 4) is 17.0 Å². The van der Waals surface area contributed by atoms with Crippen molar-refractivity contribution in [1.29, 1.82) is 0 Å². The molecule has 4 heteroatoms. The highest BCUT2D eigenvalue weighted by molar-refractivity contribution is 5.99. The molecule has 2 N–H and O–H groups in total. The lowest BCUT2D eigenvalue weighted by Gasteiger charge is -2.10. The second-order valence-corrected chi connectivity index (χ2v) is 5.63. The van der Waals surface area contributed by atoms with Gasteiger partial charge in [-0.2, -0.15) is 0 Å². The van der Waals surface area contributed by atoms with E-state index in [-0.39, 0.29) is 0 Å². The summed E-state index contributed by atoms with van der Waals surface area (Å²) in [7, 11) is 0. The topological polar surface area (TPSA) is 65.2 Å². The zero-order valence-electron chi connectivity index (χ0n) is 11.7. The van der Waals surface area contributed by atoms with E-state index in [1.165, 1.54) is 5.56 Å². The number of nitrogens with zero attached hydrogens (tertiary/aromatic N) is 1. The van der Waals surface area contributed by atoms with E-state index >= 15 is 0 Å². The van der Waals surface area contributed by atoms with E-state index in [1.807, 2.05) is 18.2 Å². The second kappa shape index (κ2) is 4.58. The van der Waals surface area contributed by atoms with Gasteiger partial charge in [-0.3, -0.25) is 9.78 Å². The van der Waals surface area contributed by atoms with Crippen LogP contribution < -0.4 is 10.5 Å². The van der Waals surface area contributed by atoms with Crippen LogP contribution in [0.1, 0.15) is 33.6 Å². The molecule has 0 atom stereocenters. The van der Waals surface area contributed by atoms with Gasteiger partial charge in [0.1, 0.15) is 5.75 Å². The smallest absolute Gasteiger partial charge is 0.250 e. The molecule has 0 spiro atoms. The Labute approximate surface area is 123 Å². The van der Waals surface area contributed by atoms with Crippen molar-refractivity contribution >= 4 is 5.91 Å². The summed E-state index contributed by atoms with van der Waals surface area (Å²) in [5.41, 5.74) is 11.2. The zero-order chi connectivity index (χ0) is 14.4. The molecule has 0 fully saturated rings. The Morgan fingerprint density at radius 3 is 2.90 bits per heavy atom. The molecule has 1 aromatic heterocycles. The van der Waals surface area contributed by atoms with Crippen molar-refractivity contribution in [3.63, 3.8) is 0 Å². The highest BCUT2D eigenvalue weighted by Crippen LogP contribution is 2.33. The van der Waals surface area contributed by atoms with Gasteiger partial charge in [-0.05, 0) is 54.7 Å². The molecular formula is C17H16N2O2. The van der Waals surface area contributed by atoms with E-state index in [2.05, 4.69) is 6.07 Å². The highest BCUT2D eigenvalue weighted by Gasteiger charge is 2.21. The minimum Gasteiger partial charge on any atom is -0.493 e. The molecule has 1 aliphatic heterocycles. The van der Waals surface area contributed by atoms with Crippen molar-refractivity contribution in [1.82, 2.24) is 4.98 Å². The van der Waals surface area contributed by atoms with Gasteiger partial charge in [-0.25, -0.2) is 0 Å². The Balaban J connectivity index is 1.89. The number of aromatic nitrogens is 1. The van der Waals surface area contributed by atoms with E-state index < -0.39 is 5.91 Å². The van der Waals surface area contributed by atoms with Crippen molar-refractivity contribution in [2.45, 2.75) is 25.7 Å². The summed E-state index contributed by atoms with van der Waals surface area (Å²) in [6.45, 7) is 0.721. The molecule has 1 amide bonds. The number of nitrogens with two attached hydrogens (primary N) is 1. The van der Waals surface area contributed by atoms with Crippen molar-refractivity contribution in [2.24, 2.45) is 5.73 Å². The minimum atomic E-state index is -0.413. The minimum absolute atomic E-state index is 0.413. The number of carbonyl (C=O) groups is 1. The van der Waals surface area contributed by atoms with E-state index in [0.29, 0.717) is 11.3 Å². The number of benzene rings is 1. The summed E-state index contributed by atoms with van der Waals surface area (Å²) in [6.07, 6.45) is 3.97. The van der Waals surface area contributed by atoms with Crippen molar-refractivity contribution < 1.29 is 9.53 Å². The number of amides is 1. The number of aryl methyl sites for hydroxylation is 2. The van der Waals surface area contributed by atoms with Gasteiger partial charge in [0.15, 0.2) is 0 Å². The summed E-state index contributed by atoms with van der Waals surface area (Å²) < 4.78 is 5.53. The number of ether oxygens (including phenoxy) is 1. The van der Waals surface area contributed by atoms with Gasteiger partial charge >= 0.3 is 0 Å². The van der Waals surface area contributed by atoms with Gasteiger partial charge in [-0.15, -0.1) is 0 Å². The average molecular weight is 280 g/mol. The molecule has 0 bridgehead atoms. The number of fused-ring (bicyclic) bond motifs is 2. The first kappa shape index (κ1) is 12.4. The predicted molar refractivity (Wildman–Crippen MR) is 79.4 cm³/mol. The first-order chi connectivity index (χ1) is 10.2. The highest BCUT2D eigenvalue weighted by atomic mass is 16.5. The Bertz CT molecular complexity index is 753. The molecule has 0 unspecified atom stereocenters. The maximum Gasteiger partial charge on any atom is 0.250 e. The van der Waals surface area contributed by atoms with Gasteiger partial charge in [0.05, 0.1) is 17.9 Å². The molecule has 21 heavy (non-hydrogen) atoms. The summed E-state index contributed by atoms with van der Waals surface area (Å²) in [5, 5.41) is 0. The summed E-state index contributed by atoms with van der Waals surface area (Å²) >= 11 is 0. The van der Waals surface area contributed by atoms with Gasteiger partial charge < -0.3 is 10.5 Å². The van der Waals surface area contributed by atoms with Crippen LogP contribution in [0, 0.1) is 0 Å². The third-order valence-corrected chi connectivity index (χ3v) is 4.28. The Morgan fingerprint density at radius 1 is 1.14 bits per heavy atom. The lowest BCUT2D eigenvalue weighted by atomic mass is 10.00. The number of primary amides is 1. The molecule has 0 saturated heterocycles. The van der Waals surface area contributed by atoms with Gasteiger partial charge in [0.25, 0.3) is 5.91 Å². The quantitative estimate of drug-likeness (QED) is 0.917. The van der Waals surface area contributed by atoms with Crippen LogP contribution in [-0.2, 0) is 19.3 Å². The normalized spacial score (nSPS) is 15.4. The van der Waals surface area contributed by atoms with E-state index in [4.69, 9.17) is 15.5 Å². The fourth-order valence-electron chi connectivity index (χ4n) is 3.21. The fourth-order valence-corrected chi connectivity index (χ4v) is 3.21. The Morgan fingerprint density at radius 2 is 2.05 bits per heavy atom. The van der Waals surface area contributed by atoms with Crippen LogP contribution in [0.5, 0.6) is 5.75 Å². The number of hydrogen-bond acceptors (Lipinski definition) is 3. The Kier molecular flexibility index (Phi) is 2.70. The third kappa shape index (κ3) is 1.98. The fraction of sp³-hybridized carbons (Fsp3) is 0.294. The maximum atomic E-state index is 11.8. The van der Waals surface area contributed by atoms with E-state index in [1.54, 1.807) is 0 Å². The lowest BCUT2D eigenvalue weighted by molar-refractivity contribution is 0.100. The summed E-state index contributed by atoms with van der Waals surface area (Å²) in [6, 6.07) is 7.91. The third-order valence-electron chi connectivity index (χ3n) is 4.28.